The molecular formula is C18H20FNO4. The molecule has 1 amide bonds. The zero-order chi connectivity index (χ0) is 17.5. The van der Waals surface area contributed by atoms with Crippen molar-refractivity contribution in [3.05, 3.63) is 47.8 Å². The highest BCUT2D eigenvalue weighted by Crippen LogP contribution is 2.33. The molecule has 3 N–H and O–H groups in total. The fourth-order valence-corrected chi connectivity index (χ4v) is 2.11. The maximum Gasteiger partial charge on any atom is 0.224 e. The summed E-state index contributed by atoms with van der Waals surface area (Å²) in [5.74, 6) is -0.914. The Morgan fingerprint density at radius 1 is 1.21 bits per heavy atom. The number of aliphatic hydroxyl groups is 1. The van der Waals surface area contributed by atoms with Crippen LogP contribution in [-0.2, 0) is 11.2 Å². The number of amides is 1. The summed E-state index contributed by atoms with van der Waals surface area (Å²) in [5.41, 5.74) is 1.25. The van der Waals surface area contributed by atoms with Crippen LogP contribution in [0.2, 0.25) is 0 Å². The first-order chi connectivity index (χ1) is 11.5. The molecule has 0 aliphatic heterocycles. The summed E-state index contributed by atoms with van der Waals surface area (Å²) in [6.45, 7) is 1.89. The Morgan fingerprint density at radius 2 is 1.96 bits per heavy atom. The van der Waals surface area contributed by atoms with Gasteiger partial charge in [0.15, 0.2) is 23.1 Å². The average molecular weight is 333 g/mol. The van der Waals surface area contributed by atoms with Gasteiger partial charge in [0.2, 0.25) is 5.91 Å². The van der Waals surface area contributed by atoms with Crippen molar-refractivity contribution in [1.82, 2.24) is 0 Å². The smallest absolute Gasteiger partial charge is 0.224 e. The van der Waals surface area contributed by atoms with Gasteiger partial charge in [0, 0.05) is 24.8 Å². The van der Waals surface area contributed by atoms with Crippen molar-refractivity contribution in [1.29, 1.82) is 0 Å². The Kier molecular flexibility index (Phi) is 6.14. The number of carbonyl (C=O) groups is 1. The molecule has 128 valence electrons. The SMILES string of the molecule is CCc1ccc(Oc2ccc(NC(=O)CCCO)cc2F)c(O)c1. The number of aromatic hydroxyl groups is 1. The molecule has 0 bridgehead atoms. The van der Waals surface area contributed by atoms with Gasteiger partial charge in [-0.15, -0.1) is 0 Å². The normalized spacial score (nSPS) is 10.5. The van der Waals surface area contributed by atoms with Gasteiger partial charge in [-0.3, -0.25) is 4.79 Å². The second kappa shape index (κ2) is 8.31. The van der Waals surface area contributed by atoms with Crippen molar-refractivity contribution in [2.45, 2.75) is 26.2 Å². The standard InChI is InChI=1S/C18H20FNO4/c1-2-12-5-7-17(15(22)10-12)24-16-8-6-13(11-14(16)19)20-18(23)4-3-9-21/h5-8,10-11,21-22H,2-4,9H2,1H3,(H,20,23). The lowest BCUT2D eigenvalue weighted by Crippen LogP contribution is -2.11. The molecule has 0 radical (unpaired) electrons. The van der Waals surface area contributed by atoms with Crippen LogP contribution in [0.4, 0.5) is 10.1 Å². The summed E-state index contributed by atoms with van der Waals surface area (Å²) in [7, 11) is 0. The zero-order valence-corrected chi connectivity index (χ0v) is 13.4. The summed E-state index contributed by atoms with van der Waals surface area (Å²) >= 11 is 0. The number of phenols is 1. The Hall–Kier alpha value is -2.60. The fourth-order valence-electron chi connectivity index (χ4n) is 2.11. The minimum Gasteiger partial charge on any atom is -0.504 e. The Balaban J connectivity index is 2.08. The molecule has 5 nitrogen and oxygen atoms in total. The van der Waals surface area contributed by atoms with Gasteiger partial charge in [-0.25, -0.2) is 4.39 Å². The van der Waals surface area contributed by atoms with Crippen LogP contribution in [0.25, 0.3) is 0 Å². The third kappa shape index (κ3) is 4.70. The van der Waals surface area contributed by atoms with Crippen molar-refractivity contribution >= 4 is 11.6 Å². The van der Waals surface area contributed by atoms with Crippen LogP contribution >= 0.6 is 0 Å². The van der Waals surface area contributed by atoms with Gasteiger partial charge in [0.1, 0.15) is 0 Å². The van der Waals surface area contributed by atoms with Crippen LogP contribution in [-0.4, -0.2) is 22.7 Å². The number of rotatable bonds is 7. The number of benzene rings is 2. The highest BCUT2D eigenvalue weighted by Gasteiger charge is 2.11. The molecule has 6 heteroatoms. The molecule has 0 aliphatic rings. The van der Waals surface area contributed by atoms with E-state index in [0.717, 1.165) is 18.1 Å². The van der Waals surface area contributed by atoms with E-state index in [1.54, 1.807) is 18.2 Å². The van der Waals surface area contributed by atoms with E-state index < -0.39 is 5.82 Å². The molecule has 0 heterocycles. The number of hydrogen-bond donors (Lipinski definition) is 3. The quantitative estimate of drug-likeness (QED) is 0.723. The largest absolute Gasteiger partial charge is 0.504 e. The molecule has 0 aromatic heterocycles. The van der Waals surface area contributed by atoms with Gasteiger partial charge < -0.3 is 20.3 Å². The van der Waals surface area contributed by atoms with Crippen LogP contribution in [0, 0.1) is 5.82 Å². The Labute approximate surface area is 139 Å². The summed E-state index contributed by atoms with van der Waals surface area (Å²) in [4.78, 5) is 11.6. The molecule has 0 unspecified atom stereocenters. The summed E-state index contributed by atoms with van der Waals surface area (Å²) < 4.78 is 19.5. The van der Waals surface area contributed by atoms with Crippen LogP contribution in [0.3, 0.4) is 0 Å². The number of halogens is 1. The van der Waals surface area contributed by atoms with Crippen molar-refractivity contribution < 1.29 is 24.1 Å². The number of phenolic OH excluding ortho intramolecular Hbond substituents is 1. The predicted molar refractivity (Wildman–Crippen MR) is 88.9 cm³/mol. The number of aryl methyl sites for hydroxylation is 1. The highest BCUT2D eigenvalue weighted by atomic mass is 19.1. The molecule has 0 spiro atoms. The monoisotopic (exact) mass is 333 g/mol. The van der Waals surface area contributed by atoms with Gasteiger partial charge >= 0.3 is 0 Å². The van der Waals surface area contributed by atoms with E-state index in [2.05, 4.69) is 5.32 Å². The fraction of sp³-hybridized carbons (Fsp3) is 0.278. The first-order valence-electron chi connectivity index (χ1n) is 7.73. The number of hydrogen-bond acceptors (Lipinski definition) is 4. The van der Waals surface area contributed by atoms with E-state index in [4.69, 9.17) is 9.84 Å². The molecule has 0 saturated heterocycles. The molecule has 0 aliphatic carbocycles. The molecule has 2 aromatic rings. The maximum absolute atomic E-state index is 14.1. The van der Waals surface area contributed by atoms with E-state index in [-0.39, 0.29) is 36.2 Å². The first kappa shape index (κ1) is 17.7. The maximum atomic E-state index is 14.1. The molecule has 0 atom stereocenters. The molecule has 0 saturated carbocycles. The van der Waals surface area contributed by atoms with E-state index in [0.29, 0.717) is 12.1 Å². The van der Waals surface area contributed by atoms with Gasteiger partial charge in [-0.2, -0.15) is 0 Å². The summed E-state index contributed by atoms with van der Waals surface area (Å²) in [6, 6.07) is 8.98. The lowest BCUT2D eigenvalue weighted by Gasteiger charge is -2.11. The minimum absolute atomic E-state index is 0.0529. The van der Waals surface area contributed by atoms with Crippen molar-refractivity contribution in [3.63, 3.8) is 0 Å². The van der Waals surface area contributed by atoms with E-state index in [9.17, 15) is 14.3 Å². The van der Waals surface area contributed by atoms with Crippen molar-refractivity contribution in [2.75, 3.05) is 11.9 Å². The van der Waals surface area contributed by atoms with Crippen LogP contribution in [0.1, 0.15) is 25.3 Å². The molecule has 24 heavy (non-hydrogen) atoms. The third-order valence-electron chi connectivity index (χ3n) is 3.43. The van der Waals surface area contributed by atoms with Crippen molar-refractivity contribution in [2.24, 2.45) is 0 Å². The number of nitrogens with one attached hydrogen (secondary N) is 1. The second-order valence-electron chi connectivity index (χ2n) is 5.28. The lowest BCUT2D eigenvalue weighted by atomic mass is 10.1. The molecule has 2 rings (SSSR count). The van der Waals surface area contributed by atoms with E-state index >= 15 is 0 Å². The Morgan fingerprint density at radius 3 is 2.58 bits per heavy atom. The summed E-state index contributed by atoms with van der Waals surface area (Å²) in [5, 5.41) is 21.1. The topological polar surface area (TPSA) is 78.8 Å². The third-order valence-corrected chi connectivity index (χ3v) is 3.43. The second-order valence-corrected chi connectivity index (χ2v) is 5.28. The highest BCUT2D eigenvalue weighted by molar-refractivity contribution is 5.90. The summed E-state index contributed by atoms with van der Waals surface area (Å²) in [6.07, 6.45) is 1.28. The van der Waals surface area contributed by atoms with Crippen LogP contribution in [0.5, 0.6) is 17.2 Å². The number of ether oxygens (including phenoxy) is 1. The van der Waals surface area contributed by atoms with Crippen molar-refractivity contribution in [3.8, 4) is 17.2 Å². The van der Waals surface area contributed by atoms with Gasteiger partial charge in [-0.05, 0) is 42.7 Å². The van der Waals surface area contributed by atoms with Gasteiger partial charge in [0.25, 0.3) is 0 Å². The lowest BCUT2D eigenvalue weighted by molar-refractivity contribution is -0.116. The predicted octanol–water partition coefficient (Wildman–Crippen LogP) is 3.60. The van der Waals surface area contributed by atoms with Gasteiger partial charge in [-0.1, -0.05) is 13.0 Å². The van der Waals surface area contributed by atoms with Gasteiger partial charge in [0.05, 0.1) is 0 Å². The van der Waals surface area contributed by atoms with Crippen LogP contribution in [0.15, 0.2) is 36.4 Å². The van der Waals surface area contributed by atoms with Crippen LogP contribution < -0.4 is 10.1 Å². The first-order valence-corrected chi connectivity index (χ1v) is 7.73. The molecular weight excluding hydrogens is 313 g/mol. The zero-order valence-electron chi connectivity index (χ0n) is 13.4. The van der Waals surface area contributed by atoms with E-state index in [1.807, 2.05) is 6.92 Å². The minimum atomic E-state index is -0.658. The molecule has 0 fully saturated rings. The number of anilines is 1. The Bertz CT molecular complexity index is 718. The average Bonchev–Trinajstić information content (AvgIpc) is 2.56. The number of aliphatic hydroxyl groups excluding tert-OH is 1. The molecule has 2 aromatic carbocycles. The van der Waals surface area contributed by atoms with E-state index in [1.165, 1.54) is 12.1 Å². The number of carbonyl (C=O) groups excluding carboxylic acids is 1.